The van der Waals surface area contributed by atoms with Crippen LogP contribution < -0.4 is 5.01 Å². The van der Waals surface area contributed by atoms with Gasteiger partial charge in [0.15, 0.2) is 0 Å². The number of ether oxygens (including phenoxy) is 2. The van der Waals surface area contributed by atoms with E-state index in [-0.39, 0.29) is 11.3 Å². The molecule has 3 rings (SSSR count). The summed E-state index contributed by atoms with van der Waals surface area (Å²) >= 11 is 0. The van der Waals surface area contributed by atoms with Gasteiger partial charge >= 0.3 is 12.2 Å². The molecule has 0 spiro atoms. The molecule has 1 atom stereocenters. The van der Waals surface area contributed by atoms with E-state index in [0.29, 0.717) is 10.8 Å². The van der Waals surface area contributed by atoms with Crippen LogP contribution in [-0.4, -0.2) is 45.7 Å². The minimum absolute atomic E-state index is 0.0619. The second-order valence-corrected chi connectivity index (χ2v) is 10.3. The summed E-state index contributed by atoms with van der Waals surface area (Å²) in [5.74, 6) is -1.46. The van der Waals surface area contributed by atoms with Gasteiger partial charge in [-0.15, -0.1) is 5.06 Å². The molecule has 0 saturated heterocycles. The van der Waals surface area contributed by atoms with Gasteiger partial charge in [0.05, 0.1) is 5.69 Å². The second-order valence-electron chi connectivity index (χ2n) is 10.3. The van der Waals surface area contributed by atoms with Crippen LogP contribution in [0.15, 0.2) is 59.7 Å². The largest absolute Gasteiger partial charge is 0.534 e. The maximum Gasteiger partial charge on any atom is 0.534 e. The van der Waals surface area contributed by atoms with Gasteiger partial charge < -0.3 is 9.47 Å². The number of hydrogen-bond donors (Lipinski definition) is 0. The molecule has 9 nitrogen and oxygen atoms in total. The van der Waals surface area contributed by atoms with E-state index >= 15 is 0 Å². The van der Waals surface area contributed by atoms with Crippen molar-refractivity contribution < 1.29 is 33.1 Å². The average Bonchev–Trinajstić information content (AvgIpc) is 3.02. The van der Waals surface area contributed by atoms with Gasteiger partial charge in [-0.25, -0.2) is 14.0 Å². The molecule has 0 aliphatic carbocycles. The number of carbonyl (C=O) groups excluding carboxylic acids is 3. The van der Waals surface area contributed by atoms with Crippen LogP contribution in [0, 0.1) is 5.82 Å². The van der Waals surface area contributed by atoms with E-state index in [1.54, 1.807) is 77.9 Å². The van der Waals surface area contributed by atoms with Gasteiger partial charge in [-0.1, -0.05) is 36.4 Å². The van der Waals surface area contributed by atoms with Gasteiger partial charge in [-0.2, -0.15) is 10.1 Å². The van der Waals surface area contributed by atoms with Crippen molar-refractivity contribution in [1.82, 2.24) is 5.06 Å². The predicted octanol–water partition coefficient (Wildman–Crippen LogP) is 5.44. The lowest BCUT2D eigenvalue weighted by Gasteiger charge is -2.36. The Morgan fingerprint density at radius 1 is 0.917 bits per heavy atom. The van der Waals surface area contributed by atoms with Crippen molar-refractivity contribution in [3.63, 3.8) is 0 Å². The Balaban J connectivity index is 2.19. The zero-order valence-electron chi connectivity index (χ0n) is 21.4. The van der Waals surface area contributed by atoms with Crippen LogP contribution >= 0.6 is 0 Å². The van der Waals surface area contributed by atoms with Crippen molar-refractivity contribution in [1.29, 1.82) is 0 Å². The third-order valence-electron chi connectivity index (χ3n) is 4.92. The summed E-state index contributed by atoms with van der Waals surface area (Å²) in [5.41, 5.74) is -3.95. The maximum atomic E-state index is 15.0. The zero-order valence-corrected chi connectivity index (χ0v) is 21.4. The first-order chi connectivity index (χ1) is 16.6. The minimum Gasteiger partial charge on any atom is -0.442 e. The number of hydrogen-bond acceptors (Lipinski definition) is 7. The van der Waals surface area contributed by atoms with Gasteiger partial charge in [-0.3, -0.25) is 9.63 Å². The Hall–Kier alpha value is -3.95. The molecule has 0 N–H and O–H groups in total. The number of hydrazone groups is 1. The third kappa shape index (κ3) is 5.64. The van der Waals surface area contributed by atoms with E-state index in [9.17, 15) is 18.8 Å². The number of anilines is 1. The molecule has 2 amide bonds. The highest BCUT2D eigenvalue weighted by Gasteiger charge is 2.58. The van der Waals surface area contributed by atoms with Gasteiger partial charge in [0.1, 0.15) is 22.7 Å². The highest BCUT2D eigenvalue weighted by molar-refractivity contribution is 6.29. The smallest absolute Gasteiger partial charge is 0.442 e. The van der Waals surface area contributed by atoms with Crippen molar-refractivity contribution in [2.75, 3.05) is 5.01 Å². The molecule has 0 radical (unpaired) electrons. The molecule has 0 fully saturated rings. The van der Waals surface area contributed by atoms with Crippen LogP contribution in [0.3, 0.4) is 0 Å². The monoisotopic (exact) mass is 499 g/mol. The number of rotatable bonds is 3. The third-order valence-corrected chi connectivity index (χ3v) is 4.92. The molecule has 0 aromatic heterocycles. The van der Waals surface area contributed by atoms with Crippen LogP contribution in [0.5, 0.6) is 0 Å². The first kappa shape index (κ1) is 26.7. The summed E-state index contributed by atoms with van der Waals surface area (Å²) in [7, 11) is 0. The first-order valence-electron chi connectivity index (χ1n) is 11.3. The molecule has 2 aromatic carbocycles. The quantitative estimate of drug-likeness (QED) is 0.412. The molecule has 10 heteroatoms. The summed E-state index contributed by atoms with van der Waals surface area (Å²) in [6.45, 7) is 11.0. The summed E-state index contributed by atoms with van der Waals surface area (Å²) in [6.07, 6.45) is -2.42. The topological polar surface area (TPSA) is 97.7 Å². The minimum atomic E-state index is -2.11. The van der Waals surface area contributed by atoms with Crippen molar-refractivity contribution in [3.8, 4) is 0 Å². The number of nitrogens with zero attached hydrogens (tertiary/aromatic N) is 3. The Kier molecular flexibility index (Phi) is 7.11. The summed E-state index contributed by atoms with van der Waals surface area (Å²) in [5, 5.41) is 5.87. The Bertz CT molecular complexity index is 1190. The normalized spacial score (nSPS) is 17.9. The standard InChI is InChI=1S/C26H30FN3O6/c1-24(2,3)34-22(32)30(36-23(33)35-25(4,5)6)26(7)20(18-15-11-12-16-19(18)27)28-29(21(26)31)17-13-9-8-10-14-17/h8-16H,1-7H3. The summed E-state index contributed by atoms with van der Waals surface area (Å²) in [4.78, 5) is 45.3. The number of halogens is 1. The second kappa shape index (κ2) is 9.60. The maximum absolute atomic E-state index is 15.0. The van der Waals surface area contributed by atoms with Crippen molar-refractivity contribution in [2.24, 2.45) is 5.10 Å². The molecule has 0 saturated carbocycles. The van der Waals surface area contributed by atoms with Gasteiger partial charge in [0, 0.05) is 5.56 Å². The van der Waals surface area contributed by atoms with E-state index in [1.165, 1.54) is 25.1 Å². The fourth-order valence-corrected chi connectivity index (χ4v) is 3.40. The lowest BCUT2D eigenvalue weighted by Crippen LogP contribution is -2.61. The molecular weight excluding hydrogens is 469 g/mol. The molecular formula is C26H30FN3O6. The highest BCUT2D eigenvalue weighted by Crippen LogP contribution is 2.36. The molecule has 192 valence electrons. The molecule has 0 bridgehead atoms. The number of para-hydroxylation sites is 1. The van der Waals surface area contributed by atoms with E-state index in [2.05, 4.69) is 5.10 Å². The van der Waals surface area contributed by atoms with Crippen LogP contribution in [0.4, 0.5) is 19.7 Å². The lowest BCUT2D eigenvalue weighted by atomic mass is 9.89. The molecule has 2 aromatic rings. The van der Waals surface area contributed by atoms with Crippen LogP contribution in [0.2, 0.25) is 0 Å². The van der Waals surface area contributed by atoms with Gasteiger partial charge in [0.2, 0.25) is 5.54 Å². The average molecular weight is 500 g/mol. The Labute approximate surface area is 209 Å². The number of amides is 2. The van der Waals surface area contributed by atoms with Gasteiger partial charge in [0.25, 0.3) is 5.91 Å². The Morgan fingerprint density at radius 2 is 1.47 bits per heavy atom. The number of hydroxylamine groups is 2. The van der Waals surface area contributed by atoms with Crippen LogP contribution in [0.25, 0.3) is 0 Å². The summed E-state index contributed by atoms with van der Waals surface area (Å²) < 4.78 is 25.6. The molecule has 1 aliphatic rings. The molecule has 1 aliphatic heterocycles. The van der Waals surface area contributed by atoms with Crippen molar-refractivity contribution >= 4 is 29.6 Å². The SMILES string of the molecule is CC(C)(C)OC(=O)ON(C(=O)OC(C)(C)C)C1(C)C(=O)N(c2ccccc2)N=C1c1ccccc1F. The fourth-order valence-electron chi connectivity index (χ4n) is 3.40. The van der Waals surface area contributed by atoms with Crippen LogP contribution in [-0.2, 0) is 19.1 Å². The number of carbonyl (C=O) groups is 3. The van der Waals surface area contributed by atoms with E-state index in [1.807, 2.05) is 0 Å². The van der Waals surface area contributed by atoms with Crippen molar-refractivity contribution in [3.05, 3.63) is 66.0 Å². The van der Waals surface area contributed by atoms with E-state index < -0.39 is 40.7 Å². The van der Waals surface area contributed by atoms with Crippen LogP contribution in [0.1, 0.15) is 54.0 Å². The Morgan fingerprint density at radius 3 is 2.03 bits per heavy atom. The van der Waals surface area contributed by atoms with Gasteiger partial charge in [-0.05, 0) is 66.7 Å². The molecule has 36 heavy (non-hydrogen) atoms. The zero-order chi connectivity index (χ0) is 26.9. The number of benzene rings is 2. The predicted molar refractivity (Wildman–Crippen MR) is 131 cm³/mol. The molecule has 1 heterocycles. The van der Waals surface area contributed by atoms with E-state index in [4.69, 9.17) is 14.3 Å². The van der Waals surface area contributed by atoms with Crippen molar-refractivity contribution in [2.45, 2.75) is 65.2 Å². The van der Waals surface area contributed by atoms with E-state index in [0.717, 1.165) is 5.01 Å². The fraction of sp³-hybridized carbons (Fsp3) is 0.385. The lowest BCUT2D eigenvalue weighted by molar-refractivity contribution is -0.171. The summed E-state index contributed by atoms with van der Waals surface area (Å²) in [6, 6.07) is 14.0. The highest BCUT2D eigenvalue weighted by atomic mass is 19.1. The molecule has 1 unspecified atom stereocenters. The first-order valence-corrected chi connectivity index (χ1v) is 11.3.